The third-order valence-corrected chi connectivity index (χ3v) is 3.03. The van der Waals surface area contributed by atoms with Gasteiger partial charge in [-0.05, 0) is 0 Å². The molecule has 72 valence electrons. The Labute approximate surface area is 91.9 Å². The van der Waals surface area contributed by atoms with E-state index in [1.165, 1.54) is 5.54 Å². The maximum Gasteiger partial charge on any atom is 0.168 e. The highest BCUT2D eigenvalue weighted by atomic mass is 35.5. The van der Waals surface area contributed by atoms with Crippen molar-refractivity contribution in [3.05, 3.63) is 23.5 Å². The highest BCUT2D eigenvalue weighted by Crippen LogP contribution is 2.18. The van der Waals surface area contributed by atoms with Crippen LogP contribution in [0.3, 0.4) is 0 Å². The van der Waals surface area contributed by atoms with E-state index in [1.807, 2.05) is 17.7 Å². The zero-order valence-corrected chi connectivity index (χ0v) is 9.53. The maximum atomic E-state index is 5.70. The van der Waals surface area contributed by atoms with E-state index in [4.69, 9.17) is 23.2 Å². The number of hydrogen-bond acceptors (Lipinski definition) is 2. The summed E-state index contributed by atoms with van der Waals surface area (Å²) in [7, 11) is 1.96. The molecule has 0 atom stereocenters. The van der Waals surface area contributed by atoms with E-state index >= 15 is 0 Å². The molecular weight excluding hydrogens is 227 g/mol. The van der Waals surface area contributed by atoms with E-state index in [0.717, 1.165) is 16.6 Å². The van der Waals surface area contributed by atoms with Gasteiger partial charge in [0.25, 0.3) is 0 Å². The minimum Gasteiger partial charge on any atom is -0.325 e. The quantitative estimate of drug-likeness (QED) is 0.591. The number of aromatic nitrogens is 2. The molecule has 0 N–H and O–H groups in total. The van der Waals surface area contributed by atoms with Gasteiger partial charge in [0, 0.05) is 18.3 Å². The van der Waals surface area contributed by atoms with Crippen molar-refractivity contribution < 1.29 is 0 Å². The largest absolute Gasteiger partial charge is 0.325 e. The molecule has 1 aromatic heterocycles. The zero-order valence-electron chi connectivity index (χ0n) is 7.20. The van der Waals surface area contributed by atoms with Crippen molar-refractivity contribution in [2.75, 3.05) is 5.75 Å². The molecule has 0 saturated carbocycles. The van der Waals surface area contributed by atoms with Crippen molar-refractivity contribution in [1.29, 1.82) is 0 Å². The molecule has 1 aromatic rings. The van der Waals surface area contributed by atoms with Gasteiger partial charge in [0.05, 0.1) is 17.8 Å². The van der Waals surface area contributed by atoms with Crippen LogP contribution in [-0.2, 0) is 12.9 Å². The summed E-state index contributed by atoms with van der Waals surface area (Å²) in [6, 6.07) is 0. The van der Waals surface area contributed by atoms with Crippen molar-refractivity contribution in [2.45, 2.75) is 11.0 Å². The lowest BCUT2D eigenvalue weighted by Gasteiger charge is -2.00. The fourth-order valence-corrected chi connectivity index (χ4v) is 2.07. The van der Waals surface area contributed by atoms with Crippen LogP contribution in [0.1, 0.15) is 5.69 Å². The van der Waals surface area contributed by atoms with Crippen LogP contribution in [0.4, 0.5) is 0 Å². The average molecular weight is 237 g/mol. The van der Waals surface area contributed by atoms with Gasteiger partial charge in [0.2, 0.25) is 0 Å². The summed E-state index contributed by atoms with van der Waals surface area (Å²) in [5, 5.41) is 0.963. The fraction of sp³-hybridized carbons (Fsp3) is 0.375. The minimum absolute atomic E-state index is 0.495. The SMILES string of the molecule is Cn1c(CCl)cnc1SC/C=C/Cl. The Balaban J connectivity index is 2.61. The Hall–Kier alpha value is -0.120. The normalized spacial score (nSPS) is 11.3. The highest BCUT2D eigenvalue weighted by Gasteiger charge is 2.04. The molecule has 5 heteroatoms. The van der Waals surface area contributed by atoms with Crippen molar-refractivity contribution in [2.24, 2.45) is 7.05 Å². The second kappa shape index (κ2) is 5.58. The van der Waals surface area contributed by atoms with Gasteiger partial charge in [0.1, 0.15) is 0 Å². The van der Waals surface area contributed by atoms with Crippen molar-refractivity contribution >= 4 is 35.0 Å². The van der Waals surface area contributed by atoms with Crippen molar-refractivity contribution in [3.63, 3.8) is 0 Å². The summed E-state index contributed by atoms with van der Waals surface area (Å²) in [6.07, 6.45) is 3.67. The third-order valence-electron chi connectivity index (χ3n) is 1.58. The summed E-state index contributed by atoms with van der Waals surface area (Å²) in [4.78, 5) is 4.22. The number of nitrogens with zero attached hydrogens (tertiary/aromatic N) is 2. The number of thioether (sulfide) groups is 1. The van der Waals surface area contributed by atoms with Crippen molar-refractivity contribution in [3.8, 4) is 0 Å². The maximum absolute atomic E-state index is 5.70. The number of hydrogen-bond donors (Lipinski definition) is 0. The van der Waals surface area contributed by atoms with Crippen LogP contribution in [0.2, 0.25) is 0 Å². The lowest BCUT2D eigenvalue weighted by molar-refractivity contribution is 0.762. The first-order valence-corrected chi connectivity index (χ1v) is 5.69. The van der Waals surface area contributed by atoms with Gasteiger partial charge < -0.3 is 4.57 Å². The molecule has 1 heterocycles. The number of alkyl halides is 1. The highest BCUT2D eigenvalue weighted by molar-refractivity contribution is 7.99. The molecule has 0 unspecified atom stereocenters. The van der Waals surface area contributed by atoms with Gasteiger partial charge in [-0.1, -0.05) is 29.4 Å². The van der Waals surface area contributed by atoms with Crippen LogP contribution >= 0.6 is 35.0 Å². The summed E-state index contributed by atoms with van der Waals surface area (Å²) in [5.41, 5.74) is 2.54. The molecule has 2 nitrogen and oxygen atoms in total. The van der Waals surface area contributed by atoms with Gasteiger partial charge in [-0.15, -0.1) is 11.6 Å². The molecule has 13 heavy (non-hydrogen) atoms. The zero-order chi connectivity index (χ0) is 9.68. The molecule has 0 aliphatic heterocycles. The molecule has 1 rings (SSSR count). The molecule has 0 bridgehead atoms. The lowest BCUT2D eigenvalue weighted by Crippen LogP contribution is -1.95. The third kappa shape index (κ3) is 2.93. The second-order valence-corrected chi connectivity index (χ2v) is 3.90. The lowest BCUT2D eigenvalue weighted by atomic mass is 10.5. The van der Waals surface area contributed by atoms with E-state index in [0.29, 0.717) is 5.88 Å². The average Bonchev–Trinajstić information content (AvgIpc) is 2.48. The first-order chi connectivity index (χ1) is 6.29. The van der Waals surface area contributed by atoms with E-state index < -0.39 is 0 Å². The topological polar surface area (TPSA) is 17.8 Å². The Morgan fingerprint density at radius 1 is 1.69 bits per heavy atom. The summed E-state index contributed by atoms with van der Waals surface area (Å²) in [5.74, 6) is 1.32. The molecule has 0 fully saturated rings. The summed E-state index contributed by atoms with van der Waals surface area (Å²) < 4.78 is 1.99. The summed E-state index contributed by atoms with van der Waals surface area (Å²) in [6.45, 7) is 0. The van der Waals surface area contributed by atoms with Crippen LogP contribution in [0, 0.1) is 0 Å². The van der Waals surface area contributed by atoms with Crippen LogP contribution in [0.5, 0.6) is 0 Å². The van der Waals surface area contributed by atoms with E-state index in [-0.39, 0.29) is 0 Å². The van der Waals surface area contributed by atoms with Gasteiger partial charge in [-0.3, -0.25) is 0 Å². The van der Waals surface area contributed by atoms with Gasteiger partial charge in [-0.2, -0.15) is 0 Å². The number of rotatable bonds is 4. The molecule has 0 aromatic carbocycles. The second-order valence-electron chi connectivity index (χ2n) is 2.40. The van der Waals surface area contributed by atoms with Crippen LogP contribution in [-0.4, -0.2) is 15.3 Å². The number of imidazole rings is 1. The van der Waals surface area contributed by atoms with Crippen molar-refractivity contribution in [1.82, 2.24) is 9.55 Å². The van der Waals surface area contributed by atoms with Gasteiger partial charge in [-0.25, -0.2) is 4.98 Å². The fourth-order valence-electron chi connectivity index (χ4n) is 0.843. The molecular formula is C8H10Cl2N2S. The predicted molar refractivity (Wildman–Crippen MR) is 58.5 cm³/mol. The van der Waals surface area contributed by atoms with Crippen LogP contribution in [0.15, 0.2) is 23.0 Å². The van der Waals surface area contributed by atoms with Crippen LogP contribution in [0.25, 0.3) is 0 Å². The molecule has 0 aliphatic carbocycles. The van der Waals surface area contributed by atoms with Crippen LogP contribution < -0.4 is 0 Å². The molecule has 0 radical (unpaired) electrons. The Bertz CT molecular complexity index is 296. The standard InChI is InChI=1S/C8H10Cl2N2S/c1-12-7(5-10)6-11-8(12)13-4-2-3-9/h2-3,6H,4-5H2,1H3/b3-2+. The Morgan fingerprint density at radius 2 is 2.46 bits per heavy atom. The number of halogens is 2. The first kappa shape index (κ1) is 11.0. The summed E-state index contributed by atoms with van der Waals surface area (Å²) >= 11 is 12.7. The molecule has 0 aliphatic rings. The molecule has 0 spiro atoms. The van der Waals surface area contributed by atoms with Gasteiger partial charge in [0.15, 0.2) is 5.16 Å². The van der Waals surface area contributed by atoms with E-state index in [9.17, 15) is 0 Å². The molecule has 0 amide bonds. The van der Waals surface area contributed by atoms with E-state index in [1.54, 1.807) is 18.0 Å². The smallest absolute Gasteiger partial charge is 0.168 e. The minimum atomic E-state index is 0.495. The van der Waals surface area contributed by atoms with E-state index in [2.05, 4.69) is 4.98 Å². The Kier molecular flexibility index (Phi) is 4.70. The predicted octanol–water partition coefficient (Wildman–Crippen LogP) is 3.00. The Morgan fingerprint density at radius 3 is 3.00 bits per heavy atom. The monoisotopic (exact) mass is 236 g/mol. The van der Waals surface area contributed by atoms with Gasteiger partial charge >= 0.3 is 0 Å². The molecule has 0 saturated heterocycles. The first-order valence-electron chi connectivity index (χ1n) is 3.74.